The summed E-state index contributed by atoms with van der Waals surface area (Å²) in [4.78, 5) is 19.0. The van der Waals surface area contributed by atoms with Crippen LogP contribution in [-0.2, 0) is 4.84 Å². The van der Waals surface area contributed by atoms with Crippen LogP contribution in [0, 0.1) is 11.6 Å². The lowest BCUT2D eigenvalue weighted by Crippen LogP contribution is -2.46. The Morgan fingerprint density at radius 2 is 2.29 bits per heavy atom. The second kappa shape index (κ2) is 7.90. The van der Waals surface area contributed by atoms with Crippen LogP contribution in [0.4, 0.5) is 13.6 Å². The van der Waals surface area contributed by atoms with Crippen molar-refractivity contribution in [2.75, 3.05) is 13.1 Å². The van der Waals surface area contributed by atoms with Crippen LogP contribution >= 0.6 is 0 Å². The van der Waals surface area contributed by atoms with Crippen LogP contribution in [0.3, 0.4) is 0 Å². The third-order valence-corrected chi connectivity index (χ3v) is 3.45. The predicted octanol–water partition coefficient (Wildman–Crippen LogP) is 3.06. The van der Waals surface area contributed by atoms with Gasteiger partial charge in [-0.25, -0.2) is 13.6 Å². The number of nitrogens with one attached hydrogen (secondary N) is 1. The molecule has 130 valence electrons. The van der Waals surface area contributed by atoms with Gasteiger partial charge in [0.25, 0.3) is 0 Å². The monoisotopic (exact) mass is 337 g/mol. The van der Waals surface area contributed by atoms with Gasteiger partial charge in [0.1, 0.15) is 11.6 Å². The van der Waals surface area contributed by atoms with Crippen LogP contribution < -0.4 is 5.32 Å². The predicted molar refractivity (Wildman–Crippen MR) is 87.8 cm³/mol. The molecule has 2 amide bonds. The van der Waals surface area contributed by atoms with Crippen molar-refractivity contribution < 1.29 is 18.4 Å². The average Bonchev–Trinajstić information content (AvgIpc) is 2.94. The second-order valence-corrected chi connectivity index (χ2v) is 5.89. The van der Waals surface area contributed by atoms with Crippen molar-refractivity contribution in [3.63, 3.8) is 0 Å². The van der Waals surface area contributed by atoms with E-state index in [9.17, 15) is 13.6 Å². The van der Waals surface area contributed by atoms with Crippen molar-refractivity contribution in [1.82, 2.24) is 10.2 Å². The summed E-state index contributed by atoms with van der Waals surface area (Å²) < 4.78 is 26.8. The molecular weight excluding hydrogens is 316 g/mol. The Kier molecular flexibility index (Phi) is 5.89. The smallest absolute Gasteiger partial charge is 0.318 e. The lowest BCUT2D eigenvalue weighted by Gasteiger charge is -2.24. The van der Waals surface area contributed by atoms with Crippen LogP contribution in [0.15, 0.2) is 36.0 Å². The average molecular weight is 337 g/mol. The van der Waals surface area contributed by atoms with Gasteiger partial charge in [-0.2, -0.15) is 0 Å². The first kappa shape index (κ1) is 17.9. The fourth-order valence-corrected chi connectivity index (χ4v) is 2.39. The molecule has 0 spiro atoms. The molecule has 0 radical (unpaired) electrons. The van der Waals surface area contributed by atoms with E-state index in [-0.39, 0.29) is 23.7 Å². The quantitative estimate of drug-likeness (QED) is 0.811. The summed E-state index contributed by atoms with van der Waals surface area (Å²) >= 11 is 0. The molecule has 1 aromatic carbocycles. The molecule has 0 aliphatic carbocycles. The number of oxime groups is 1. The van der Waals surface area contributed by atoms with Crippen LogP contribution in [0.25, 0.3) is 0 Å². The molecule has 5 nitrogen and oxygen atoms in total. The fraction of sp³-hybridized carbons (Fsp3) is 0.412. The van der Waals surface area contributed by atoms with E-state index >= 15 is 0 Å². The first-order valence-electron chi connectivity index (χ1n) is 7.75. The van der Waals surface area contributed by atoms with Gasteiger partial charge in [0.05, 0.1) is 12.3 Å². The van der Waals surface area contributed by atoms with Crippen molar-refractivity contribution in [2.45, 2.75) is 32.4 Å². The van der Waals surface area contributed by atoms with Gasteiger partial charge in [-0.3, -0.25) is 0 Å². The largest absolute Gasteiger partial charge is 0.390 e. The van der Waals surface area contributed by atoms with Crippen molar-refractivity contribution >= 4 is 11.7 Å². The van der Waals surface area contributed by atoms with E-state index in [1.807, 2.05) is 13.8 Å². The minimum absolute atomic E-state index is 0.00873. The molecule has 1 unspecified atom stereocenters. The number of urea groups is 1. The molecule has 0 aromatic heterocycles. The van der Waals surface area contributed by atoms with E-state index in [1.165, 1.54) is 12.1 Å². The van der Waals surface area contributed by atoms with E-state index in [0.29, 0.717) is 25.2 Å². The van der Waals surface area contributed by atoms with Gasteiger partial charge in [0, 0.05) is 30.6 Å². The topological polar surface area (TPSA) is 53.9 Å². The Morgan fingerprint density at radius 3 is 2.92 bits per heavy atom. The Morgan fingerprint density at radius 1 is 1.54 bits per heavy atom. The summed E-state index contributed by atoms with van der Waals surface area (Å²) in [6.45, 7) is 8.03. The summed E-state index contributed by atoms with van der Waals surface area (Å²) in [7, 11) is 0. The van der Waals surface area contributed by atoms with Gasteiger partial charge >= 0.3 is 6.03 Å². The molecular formula is C17H21F2N3O2. The molecule has 0 saturated carbocycles. The molecule has 1 N–H and O–H groups in total. The number of hydrogen-bond donors (Lipinski definition) is 1. The molecule has 1 heterocycles. The standard InChI is InChI=1S/C17H21F2N3O2/c1-4-7-22(17(23)20-11(2)3)10-13-9-16(21-24-13)14-6-5-12(18)8-15(14)19/h4-6,8,11,13H,1,7,9-10H2,2-3H3,(H,20,23). The van der Waals surface area contributed by atoms with Crippen molar-refractivity contribution in [3.8, 4) is 0 Å². The Labute approximate surface area is 140 Å². The van der Waals surface area contributed by atoms with E-state index in [0.717, 1.165) is 6.07 Å². The molecule has 1 aliphatic heterocycles. The van der Waals surface area contributed by atoms with Gasteiger partial charge in [-0.05, 0) is 26.0 Å². The Bertz CT molecular complexity index is 647. The number of nitrogens with zero attached hydrogens (tertiary/aromatic N) is 2. The maximum atomic E-state index is 13.8. The molecule has 1 aliphatic rings. The maximum absolute atomic E-state index is 13.8. The molecule has 0 fully saturated rings. The summed E-state index contributed by atoms with van der Waals surface area (Å²) in [5.74, 6) is -1.33. The third kappa shape index (κ3) is 4.53. The van der Waals surface area contributed by atoms with Crippen molar-refractivity contribution in [3.05, 3.63) is 48.1 Å². The number of benzene rings is 1. The number of amides is 2. The summed E-state index contributed by atoms with van der Waals surface area (Å²) in [6.07, 6.45) is 1.57. The van der Waals surface area contributed by atoms with Crippen LogP contribution in [0.2, 0.25) is 0 Å². The van der Waals surface area contributed by atoms with Crippen LogP contribution in [0.5, 0.6) is 0 Å². The highest BCUT2D eigenvalue weighted by Gasteiger charge is 2.27. The lowest BCUT2D eigenvalue weighted by molar-refractivity contribution is 0.0626. The molecule has 24 heavy (non-hydrogen) atoms. The second-order valence-electron chi connectivity index (χ2n) is 5.89. The van der Waals surface area contributed by atoms with E-state index in [4.69, 9.17) is 4.84 Å². The first-order valence-corrected chi connectivity index (χ1v) is 7.75. The van der Waals surface area contributed by atoms with Gasteiger partial charge in [0.2, 0.25) is 0 Å². The number of hydrogen-bond acceptors (Lipinski definition) is 3. The van der Waals surface area contributed by atoms with Crippen molar-refractivity contribution in [1.29, 1.82) is 0 Å². The number of halogens is 2. The lowest BCUT2D eigenvalue weighted by atomic mass is 10.0. The fourth-order valence-electron chi connectivity index (χ4n) is 2.39. The SMILES string of the molecule is C=CCN(CC1CC(c2ccc(F)cc2F)=NO1)C(=O)NC(C)C. The van der Waals surface area contributed by atoms with E-state index < -0.39 is 11.6 Å². The molecule has 7 heteroatoms. The van der Waals surface area contributed by atoms with Crippen LogP contribution in [0.1, 0.15) is 25.8 Å². The van der Waals surface area contributed by atoms with Gasteiger partial charge in [-0.1, -0.05) is 11.2 Å². The zero-order valence-corrected chi connectivity index (χ0v) is 13.8. The molecule has 1 atom stereocenters. The van der Waals surface area contributed by atoms with Gasteiger partial charge in [-0.15, -0.1) is 6.58 Å². The summed E-state index contributed by atoms with van der Waals surface area (Å²) in [5.41, 5.74) is 0.612. The molecule has 0 saturated heterocycles. The third-order valence-electron chi connectivity index (χ3n) is 3.45. The van der Waals surface area contributed by atoms with Crippen LogP contribution in [-0.4, -0.2) is 41.9 Å². The van der Waals surface area contributed by atoms with Gasteiger partial charge < -0.3 is 15.1 Å². The Hall–Kier alpha value is -2.44. The van der Waals surface area contributed by atoms with Crippen molar-refractivity contribution in [2.24, 2.45) is 5.16 Å². The minimum Gasteiger partial charge on any atom is -0.390 e. The summed E-state index contributed by atoms with van der Waals surface area (Å²) in [6, 6.07) is 3.10. The highest BCUT2D eigenvalue weighted by molar-refractivity contribution is 6.01. The normalized spacial score (nSPS) is 16.5. The molecule has 0 bridgehead atoms. The zero-order valence-electron chi connectivity index (χ0n) is 13.8. The number of carbonyl (C=O) groups is 1. The Balaban J connectivity index is 2.00. The highest BCUT2D eigenvalue weighted by atomic mass is 19.1. The maximum Gasteiger partial charge on any atom is 0.318 e. The minimum atomic E-state index is -0.682. The summed E-state index contributed by atoms with van der Waals surface area (Å²) in [5, 5.41) is 6.69. The van der Waals surface area contributed by atoms with E-state index in [1.54, 1.807) is 11.0 Å². The zero-order chi connectivity index (χ0) is 17.7. The molecule has 2 rings (SSSR count). The van der Waals surface area contributed by atoms with Gasteiger partial charge in [0.15, 0.2) is 6.10 Å². The molecule has 1 aromatic rings. The first-order chi connectivity index (χ1) is 11.4. The van der Waals surface area contributed by atoms with E-state index in [2.05, 4.69) is 17.1 Å². The highest BCUT2D eigenvalue weighted by Crippen LogP contribution is 2.20. The number of rotatable bonds is 6. The number of carbonyl (C=O) groups excluding carboxylic acids is 1.